The highest BCUT2D eigenvalue weighted by Gasteiger charge is 2.10. The van der Waals surface area contributed by atoms with E-state index in [1.807, 2.05) is 29.9 Å². The topological polar surface area (TPSA) is 52.6 Å². The number of nitrogens with zero attached hydrogens (tertiary/aromatic N) is 2. The van der Waals surface area contributed by atoms with E-state index in [2.05, 4.69) is 23.2 Å². The number of ether oxygens (including phenoxy) is 2. The van der Waals surface area contributed by atoms with Crippen molar-refractivity contribution in [3.05, 3.63) is 36.7 Å². The van der Waals surface area contributed by atoms with Gasteiger partial charge in [0.15, 0.2) is 0 Å². The van der Waals surface area contributed by atoms with Crippen molar-refractivity contribution in [1.29, 1.82) is 0 Å². The first-order valence-electron chi connectivity index (χ1n) is 7.40. The standard InChI is InChI=1S/C17H25N3O2/c1-19-7-6-14(13-19)16-12-15(4-5-17(16)18)20(8-10-21-2)9-11-22-3/h4-7,12-13H,8-11,18H2,1-3H3. The quantitative estimate of drug-likeness (QED) is 0.761. The maximum absolute atomic E-state index is 6.15. The Morgan fingerprint density at radius 2 is 1.77 bits per heavy atom. The van der Waals surface area contributed by atoms with E-state index < -0.39 is 0 Å². The predicted molar refractivity (Wildman–Crippen MR) is 91.2 cm³/mol. The largest absolute Gasteiger partial charge is 0.398 e. The molecule has 1 aromatic carbocycles. The van der Waals surface area contributed by atoms with Gasteiger partial charge in [-0.05, 0) is 24.3 Å². The second-order valence-electron chi connectivity index (χ2n) is 5.31. The van der Waals surface area contributed by atoms with Crippen LogP contribution in [0.5, 0.6) is 0 Å². The molecule has 0 radical (unpaired) electrons. The lowest BCUT2D eigenvalue weighted by molar-refractivity contribution is 0.190. The first-order chi connectivity index (χ1) is 10.7. The molecule has 0 unspecified atom stereocenters. The van der Waals surface area contributed by atoms with Crippen LogP contribution >= 0.6 is 0 Å². The molecule has 1 aromatic heterocycles. The van der Waals surface area contributed by atoms with Gasteiger partial charge in [-0.2, -0.15) is 0 Å². The van der Waals surface area contributed by atoms with E-state index in [0.29, 0.717) is 13.2 Å². The maximum Gasteiger partial charge on any atom is 0.0637 e. The number of methoxy groups -OCH3 is 2. The highest BCUT2D eigenvalue weighted by Crippen LogP contribution is 2.30. The SMILES string of the molecule is COCCN(CCOC)c1ccc(N)c(-c2ccn(C)c2)c1. The smallest absolute Gasteiger partial charge is 0.0637 e. The van der Waals surface area contributed by atoms with Gasteiger partial charge in [0.25, 0.3) is 0 Å². The van der Waals surface area contributed by atoms with Gasteiger partial charge in [-0.15, -0.1) is 0 Å². The van der Waals surface area contributed by atoms with E-state index >= 15 is 0 Å². The summed E-state index contributed by atoms with van der Waals surface area (Å²) in [7, 11) is 5.44. The van der Waals surface area contributed by atoms with Gasteiger partial charge < -0.3 is 24.7 Å². The van der Waals surface area contributed by atoms with E-state index in [1.165, 1.54) is 0 Å². The summed E-state index contributed by atoms with van der Waals surface area (Å²) >= 11 is 0. The second kappa shape index (κ2) is 7.87. The Balaban J connectivity index is 2.28. The van der Waals surface area contributed by atoms with Crippen molar-refractivity contribution in [2.45, 2.75) is 0 Å². The molecule has 22 heavy (non-hydrogen) atoms. The van der Waals surface area contributed by atoms with Crippen molar-refractivity contribution in [2.75, 3.05) is 51.2 Å². The molecule has 0 aliphatic rings. The number of hydrogen-bond donors (Lipinski definition) is 1. The highest BCUT2D eigenvalue weighted by molar-refractivity contribution is 5.79. The monoisotopic (exact) mass is 303 g/mol. The Morgan fingerprint density at radius 3 is 2.32 bits per heavy atom. The maximum atomic E-state index is 6.15. The number of aromatic nitrogens is 1. The number of aryl methyl sites for hydroxylation is 1. The summed E-state index contributed by atoms with van der Waals surface area (Å²) in [4.78, 5) is 2.25. The van der Waals surface area contributed by atoms with Gasteiger partial charge in [0, 0.05) is 69.3 Å². The molecular formula is C17H25N3O2. The molecule has 0 fully saturated rings. The van der Waals surface area contributed by atoms with Crippen LogP contribution < -0.4 is 10.6 Å². The molecule has 0 aliphatic carbocycles. The third-order valence-corrected chi connectivity index (χ3v) is 3.68. The molecule has 5 nitrogen and oxygen atoms in total. The Kier molecular flexibility index (Phi) is 5.86. The average Bonchev–Trinajstić information content (AvgIpc) is 2.94. The summed E-state index contributed by atoms with van der Waals surface area (Å²) in [6.07, 6.45) is 4.10. The Bertz CT molecular complexity index is 587. The average molecular weight is 303 g/mol. The molecule has 0 saturated heterocycles. The minimum Gasteiger partial charge on any atom is -0.398 e. The molecule has 2 aromatic rings. The zero-order valence-corrected chi connectivity index (χ0v) is 13.6. The van der Waals surface area contributed by atoms with Gasteiger partial charge in [0.1, 0.15) is 0 Å². The molecule has 0 saturated carbocycles. The van der Waals surface area contributed by atoms with Gasteiger partial charge in [0.2, 0.25) is 0 Å². The lowest BCUT2D eigenvalue weighted by atomic mass is 10.1. The lowest BCUT2D eigenvalue weighted by Gasteiger charge is -2.25. The predicted octanol–water partition coefficient (Wildman–Crippen LogP) is 2.37. The number of anilines is 2. The summed E-state index contributed by atoms with van der Waals surface area (Å²) in [5, 5.41) is 0. The molecule has 0 spiro atoms. The van der Waals surface area contributed by atoms with Crippen molar-refractivity contribution >= 4 is 11.4 Å². The molecule has 2 rings (SSSR count). The molecular weight excluding hydrogens is 278 g/mol. The van der Waals surface area contributed by atoms with Crippen LogP contribution in [-0.2, 0) is 16.5 Å². The molecule has 0 bridgehead atoms. The van der Waals surface area contributed by atoms with E-state index in [0.717, 1.165) is 35.6 Å². The number of rotatable bonds is 8. The van der Waals surface area contributed by atoms with Gasteiger partial charge in [-0.3, -0.25) is 0 Å². The fraction of sp³-hybridized carbons (Fsp3) is 0.412. The van der Waals surface area contributed by atoms with Crippen molar-refractivity contribution in [1.82, 2.24) is 4.57 Å². The third kappa shape index (κ3) is 4.02. The molecule has 120 valence electrons. The first kappa shape index (κ1) is 16.4. The lowest BCUT2D eigenvalue weighted by Crippen LogP contribution is -2.30. The highest BCUT2D eigenvalue weighted by atomic mass is 16.5. The number of benzene rings is 1. The van der Waals surface area contributed by atoms with E-state index in [9.17, 15) is 0 Å². The van der Waals surface area contributed by atoms with Crippen LogP contribution in [0.3, 0.4) is 0 Å². The van der Waals surface area contributed by atoms with Crippen LogP contribution in [0.15, 0.2) is 36.7 Å². The van der Waals surface area contributed by atoms with Crippen molar-refractivity contribution in [2.24, 2.45) is 7.05 Å². The van der Waals surface area contributed by atoms with Gasteiger partial charge >= 0.3 is 0 Å². The number of nitrogens with two attached hydrogens (primary N) is 1. The van der Waals surface area contributed by atoms with Gasteiger partial charge in [-0.25, -0.2) is 0 Å². The summed E-state index contributed by atoms with van der Waals surface area (Å²) < 4.78 is 12.4. The van der Waals surface area contributed by atoms with E-state index in [4.69, 9.17) is 15.2 Å². The minimum absolute atomic E-state index is 0.675. The van der Waals surface area contributed by atoms with Gasteiger partial charge in [0.05, 0.1) is 13.2 Å². The number of hydrogen-bond acceptors (Lipinski definition) is 4. The molecule has 0 amide bonds. The molecule has 1 heterocycles. The van der Waals surface area contributed by atoms with Crippen molar-refractivity contribution in [3.63, 3.8) is 0 Å². The Morgan fingerprint density at radius 1 is 1.09 bits per heavy atom. The molecule has 0 aliphatic heterocycles. The van der Waals surface area contributed by atoms with Crippen LogP contribution in [0.2, 0.25) is 0 Å². The van der Waals surface area contributed by atoms with Crippen LogP contribution in [0.4, 0.5) is 11.4 Å². The van der Waals surface area contributed by atoms with Crippen molar-refractivity contribution < 1.29 is 9.47 Å². The van der Waals surface area contributed by atoms with E-state index in [-0.39, 0.29) is 0 Å². The Labute approximate surface area is 132 Å². The van der Waals surface area contributed by atoms with Crippen LogP contribution in [0.25, 0.3) is 11.1 Å². The first-order valence-corrected chi connectivity index (χ1v) is 7.40. The van der Waals surface area contributed by atoms with Crippen LogP contribution in [-0.4, -0.2) is 45.1 Å². The van der Waals surface area contributed by atoms with Crippen LogP contribution in [0.1, 0.15) is 0 Å². The Hall–Kier alpha value is -1.98. The zero-order valence-electron chi connectivity index (χ0n) is 13.6. The molecule has 5 heteroatoms. The summed E-state index contributed by atoms with van der Waals surface area (Å²) in [5.41, 5.74) is 10.2. The summed E-state index contributed by atoms with van der Waals surface area (Å²) in [5.74, 6) is 0. The number of nitrogen functional groups attached to an aromatic ring is 1. The summed E-state index contributed by atoms with van der Waals surface area (Å²) in [6.45, 7) is 2.99. The second-order valence-corrected chi connectivity index (χ2v) is 5.31. The van der Waals surface area contributed by atoms with Crippen molar-refractivity contribution in [3.8, 4) is 11.1 Å². The van der Waals surface area contributed by atoms with E-state index in [1.54, 1.807) is 14.2 Å². The van der Waals surface area contributed by atoms with Gasteiger partial charge in [-0.1, -0.05) is 0 Å². The normalized spacial score (nSPS) is 10.9. The molecule has 0 atom stereocenters. The fourth-order valence-electron chi connectivity index (χ4n) is 2.43. The zero-order chi connectivity index (χ0) is 15.9. The fourth-order valence-corrected chi connectivity index (χ4v) is 2.43. The third-order valence-electron chi connectivity index (χ3n) is 3.68. The molecule has 2 N–H and O–H groups in total. The van der Waals surface area contributed by atoms with Crippen LogP contribution in [0, 0.1) is 0 Å². The summed E-state index contributed by atoms with van der Waals surface area (Å²) in [6, 6.07) is 8.22. The minimum atomic E-state index is 0.675.